The highest BCUT2D eigenvalue weighted by Crippen LogP contribution is 2.30. The average Bonchev–Trinajstić information content (AvgIpc) is 2.96. The van der Waals surface area contributed by atoms with Crippen LogP contribution in [0.25, 0.3) is 0 Å². The molecule has 1 aromatic rings. The van der Waals surface area contributed by atoms with Crippen molar-refractivity contribution in [2.24, 2.45) is 0 Å². The lowest BCUT2D eigenvalue weighted by Gasteiger charge is -2.32. The molecular weight excluding hydrogens is 304 g/mol. The van der Waals surface area contributed by atoms with Crippen molar-refractivity contribution in [3.8, 4) is 0 Å². The van der Waals surface area contributed by atoms with Crippen LogP contribution >= 0.6 is 11.3 Å². The molecular formula is C15H26N2O2S2. The van der Waals surface area contributed by atoms with E-state index < -0.39 is 10.0 Å². The summed E-state index contributed by atoms with van der Waals surface area (Å²) in [6.07, 6.45) is 6.42. The average molecular weight is 331 g/mol. The largest absolute Gasteiger partial charge is 0.319 e. The van der Waals surface area contributed by atoms with Crippen molar-refractivity contribution in [1.29, 1.82) is 0 Å². The van der Waals surface area contributed by atoms with Crippen LogP contribution in [0.3, 0.4) is 0 Å². The van der Waals surface area contributed by atoms with Crippen LogP contribution in [0.5, 0.6) is 0 Å². The van der Waals surface area contributed by atoms with E-state index in [2.05, 4.69) is 5.32 Å². The van der Waals surface area contributed by atoms with E-state index in [1.165, 1.54) is 17.8 Å². The van der Waals surface area contributed by atoms with Gasteiger partial charge in [-0.3, -0.25) is 0 Å². The van der Waals surface area contributed by atoms with Crippen molar-refractivity contribution in [3.63, 3.8) is 0 Å². The highest BCUT2D eigenvalue weighted by Gasteiger charge is 2.31. The van der Waals surface area contributed by atoms with E-state index >= 15 is 0 Å². The van der Waals surface area contributed by atoms with Crippen molar-refractivity contribution in [3.05, 3.63) is 17.0 Å². The lowest BCUT2D eigenvalue weighted by molar-refractivity contribution is 0.262. The topological polar surface area (TPSA) is 49.4 Å². The van der Waals surface area contributed by atoms with E-state index in [4.69, 9.17) is 0 Å². The number of nitrogens with zero attached hydrogens (tertiary/aromatic N) is 1. The van der Waals surface area contributed by atoms with Crippen LogP contribution in [-0.4, -0.2) is 38.9 Å². The SMILES string of the molecule is CCN(C1CCCCC1)S(=O)(=O)c1ccc(CCNC)s1. The first-order valence-corrected chi connectivity index (χ1v) is 10.1. The van der Waals surface area contributed by atoms with E-state index in [1.54, 1.807) is 10.4 Å². The van der Waals surface area contributed by atoms with Crippen molar-refractivity contribution >= 4 is 21.4 Å². The molecule has 1 N–H and O–H groups in total. The van der Waals surface area contributed by atoms with Gasteiger partial charge in [0, 0.05) is 17.5 Å². The maximum atomic E-state index is 12.9. The predicted molar refractivity (Wildman–Crippen MR) is 88.4 cm³/mol. The lowest BCUT2D eigenvalue weighted by Crippen LogP contribution is -2.40. The molecule has 1 fully saturated rings. The minimum atomic E-state index is -3.32. The van der Waals surface area contributed by atoms with Crippen molar-refractivity contribution in [2.75, 3.05) is 20.1 Å². The normalized spacial score (nSPS) is 17.5. The quantitative estimate of drug-likeness (QED) is 0.836. The van der Waals surface area contributed by atoms with Crippen molar-refractivity contribution < 1.29 is 8.42 Å². The zero-order valence-electron chi connectivity index (χ0n) is 13.0. The number of hydrogen-bond acceptors (Lipinski definition) is 4. The second-order valence-electron chi connectivity index (χ2n) is 5.57. The van der Waals surface area contributed by atoms with Crippen LogP contribution in [0.1, 0.15) is 43.9 Å². The zero-order chi connectivity index (χ0) is 15.3. The molecule has 6 heteroatoms. The van der Waals surface area contributed by atoms with Crippen LogP contribution in [0, 0.1) is 0 Å². The highest BCUT2D eigenvalue weighted by atomic mass is 32.2. The van der Waals surface area contributed by atoms with E-state index in [1.807, 2.05) is 20.0 Å². The molecule has 4 nitrogen and oxygen atoms in total. The summed E-state index contributed by atoms with van der Waals surface area (Å²) in [6, 6.07) is 3.91. The van der Waals surface area contributed by atoms with E-state index in [0.29, 0.717) is 10.8 Å². The van der Waals surface area contributed by atoms with Crippen molar-refractivity contribution in [2.45, 2.75) is 55.7 Å². The van der Waals surface area contributed by atoms with Crippen LogP contribution in [0.4, 0.5) is 0 Å². The first-order valence-electron chi connectivity index (χ1n) is 7.84. The molecule has 0 aromatic carbocycles. The Kier molecular flexibility index (Phi) is 6.22. The van der Waals surface area contributed by atoms with Gasteiger partial charge in [-0.15, -0.1) is 11.3 Å². The summed E-state index contributed by atoms with van der Waals surface area (Å²) in [5.41, 5.74) is 0. The molecule has 1 saturated carbocycles. The van der Waals surface area contributed by atoms with Gasteiger partial charge in [-0.25, -0.2) is 8.42 Å². The summed E-state index contributed by atoms with van der Waals surface area (Å²) in [5.74, 6) is 0. The van der Waals surface area contributed by atoms with Gasteiger partial charge >= 0.3 is 0 Å². The van der Waals surface area contributed by atoms with Gasteiger partial charge in [0.1, 0.15) is 4.21 Å². The van der Waals surface area contributed by atoms with Crippen LogP contribution in [0.2, 0.25) is 0 Å². The molecule has 0 atom stereocenters. The minimum Gasteiger partial charge on any atom is -0.319 e. The van der Waals surface area contributed by atoms with Crippen LogP contribution in [-0.2, 0) is 16.4 Å². The number of thiophene rings is 1. The molecule has 1 heterocycles. The second-order valence-corrected chi connectivity index (χ2v) is 8.86. The first kappa shape index (κ1) is 16.9. The van der Waals surface area contributed by atoms with Crippen LogP contribution in [0.15, 0.2) is 16.3 Å². The van der Waals surface area contributed by atoms with Gasteiger partial charge in [-0.1, -0.05) is 26.2 Å². The fraction of sp³-hybridized carbons (Fsp3) is 0.733. The summed E-state index contributed by atoms with van der Waals surface area (Å²) >= 11 is 1.42. The van der Waals surface area contributed by atoms with Crippen molar-refractivity contribution in [1.82, 2.24) is 9.62 Å². The number of hydrogen-bond donors (Lipinski definition) is 1. The molecule has 2 rings (SSSR count). The maximum Gasteiger partial charge on any atom is 0.252 e. The van der Waals surface area contributed by atoms with E-state index in [-0.39, 0.29) is 6.04 Å². The molecule has 21 heavy (non-hydrogen) atoms. The molecule has 120 valence electrons. The summed E-state index contributed by atoms with van der Waals surface area (Å²) < 4.78 is 28.0. The third-order valence-corrected chi connectivity index (χ3v) is 7.75. The van der Waals surface area contributed by atoms with Gasteiger partial charge in [-0.2, -0.15) is 4.31 Å². The third kappa shape index (κ3) is 4.06. The Morgan fingerprint density at radius 2 is 2.00 bits per heavy atom. The number of likely N-dealkylation sites (N-methyl/N-ethyl adjacent to an activating group) is 1. The minimum absolute atomic E-state index is 0.191. The molecule has 0 radical (unpaired) electrons. The van der Waals surface area contributed by atoms with Gasteiger partial charge in [0.25, 0.3) is 10.0 Å². The summed E-state index contributed by atoms with van der Waals surface area (Å²) in [5, 5.41) is 3.10. The molecule has 0 bridgehead atoms. The van der Waals surface area contributed by atoms with Gasteiger partial charge in [0.15, 0.2) is 0 Å². The molecule has 1 aliphatic carbocycles. The second kappa shape index (κ2) is 7.72. The Labute approximate surface area is 132 Å². The molecule has 0 aliphatic heterocycles. The van der Waals surface area contributed by atoms with E-state index in [0.717, 1.165) is 43.5 Å². The summed E-state index contributed by atoms with van der Waals surface area (Å²) in [6.45, 7) is 3.39. The standard InChI is InChI=1S/C15H26N2O2S2/c1-3-17(13-7-5-4-6-8-13)21(18,19)15-10-9-14(20-15)11-12-16-2/h9-10,13,16H,3-8,11-12H2,1-2H3. The van der Waals surface area contributed by atoms with Gasteiger partial charge < -0.3 is 5.32 Å². The molecule has 0 amide bonds. The third-order valence-electron chi connectivity index (χ3n) is 4.12. The number of rotatable bonds is 7. The Balaban J connectivity index is 2.16. The number of nitrogens with one attached hydrogen (secondary N) is 1. The van der Waals surface area contributed by atoms with Gasteiger partial charge in [0.05, 0.1) is 0 Å². The van der Waals surface area contributed by atoms with Gasteiger partial charge in [-0.05, 0) is 45.0 Å². The molecule has 1 aliphatic rings. The molecule has 0 spiro atoms. The Hall–Kier alpha value is -0.430. The molecule has 0 unspecified atom stereocenters. The monoisotopic (exact) mass is 330 g/mol. The fourth-order valence-electron chi connectivity index (χ4n) is 2.99. The predicted octanol–water partition coefficient (Wildman–Crippen LogP) is 2.85. The zero-order valence-corrected chi connectivity index (χ0v) is 14.6. The van der Waals surface area contributed by atoms with Gasteiger partial charge in [0.2, 0.25) is 0 Å². The smallest absolute Gasteiger partial charge is 0.252 e. The van der Waals surface area contributed by atoms with Crippen LogP contribution < -0.4 is 5.32 Å². The van der Waals surface area contributed by atoms with E-state index in [9.17, 15) is 8.42 Å². The summed E-state index contributed by atoms with van der Waals surface area (Å²) in [4.78, 5) is 1.13. The summed E-state index contributed by atoms with van der Waals surface area (Å²) in [7, 11) is -1.41. The first-order chi connectivity index (χ1) is 10.1. The number of sulfonamides is 1. The fourth-order valence-corrected chi connectivity index (χ4v) is 6.17. The Bertz CT molecular complexity index is 534. The maximum absolute atomic E-state index is 12.9. The lowest BCUT2D eigenvalue weighted by atomic mass is 9.95. The Morgan fingerprint density at radius 1 is 1.29 bits per heavy atom. The molecule has 0 saturated heterocycles. The highest BCUT2D eigenvalue weighted by molar-refractivity contribution is 7.91. The molecule has 1 aromatic heterocycles. The Morgan fingerprint density at radius 3 is 2.62 bits per heavy atom.